The van der Waals surface area contributed by atoms with Gasteiger partial charge in [-0.1, -0.05) is 31.5 Å². The van der Waals surface area contributed by atoms with Gasteiger partial charge in [-0.15, -0.1) is 0 Å². The molecule has 1 saturated heterocycles. The summed E-state index contributed by atoms with van der Waals surface area (Å²) in [5, 5.41) is 20.0. The van der Waals surface area contributed by atoms with E-state index in [0.717, 1.165) is 24.0 Å². The third kappa shape index (κ3) is 6.42. The van der Waals surface area contributed by atoms with Gasteiger partial charge in [0.25, 0.3) is 5.91 Å². The van der Waals surface area contributed by atoms with E-state index in [2.05, 4.69) is 6.92 Å². The lowest BCUT2D eigenvalue weighted by molar-refractivity contribution is -0.144. The summed E-state index contributed by atoms with van der Waals surface area (Å²) in [6.07, 6.45) is 2.65. The van der Waals surface area contributed by atoms with Crippen LogP contribution in [0.4, 0.5) is 0 Å². The average molecular weight is 596 g/mol. The second kappa shape index (κ2) is 13.6. The number of carbonyl (C=O) groups excluding carboxylic acids is 2. The number of hydrogen-bond acceptors (Lipinski definition) is 8. The molecular formula is C32H41N3O8. The summed E-state index contributed by atoms with van der Waals surface area (Å²) >= 11 is 0. The van der Waals surface area contributed by atoms with Crippen LogP contribution in [0.2, 0.25) is 0 Å². The Hall–Kier alpha value is -3.83. The van der Waals surface area contributed by atoms with Crippen molar-refractivity contribution < 1.29 is 38.8 Å². The third-order valence-corrected chi connectivity index (χ3v) is 8.79. The monoisotopic (exact) mass is 595 g/mol. The number of amides is 2. The summed E-state index contributed by atoms with van der Waals surface area (Å²) in [5.41, 5.74) is 2.37. The van der Waals surface area contributed by atoms with Gasteiger partial charge < -0.3 is 34.2 Å². The quantitative estimate of drug-likeness (QED) is 0.339. The fourth-order valence-corrected chi connectivity index (χ4v) is 6.58. The van der Waals surface area contributed by atoms with Crippen molar-refractivity contribution in [3.63, 3.8) is 0 Å². The number of aliphatic hydroxyl groups is 1. The van der Waals surface area contributed by atoms with E-state index >= 15 is 0 Å². The van der Waals surface area contributed by atoms with Gasteiger partial charge in [-0.25, -0.2) is 0 Å². The number of rotatable bonds is 14. The van der Waals surface area contributed by atoms with Gasteiger partial charge >= 0.3 is 5.97 Å². The standard InChI is InChI=1S/C32H41N3O8/c1-3-4-11-33(12-7-14-36)28(37)19-35-18-24(22-15-26(41-2)30-27(16-22)42-20-43-30)29(32(39)40)25(35)10-13-34-17-21-8-5-6-9-23(21)31(34)38/h5-6,8-9,15-16,24-25,29,36H,3-4,7,10-14,17-20H2,1-2H3,(H,39,40). The Balaban J connectivity index is 1.42. The number of ether oxygens (including phenoxy) is 3. The number of carboxylic acid groups (broad SMARTS) is 1. The van der Waals surface area contributed by atoms with Crippen LogP contribution in [0, 0.1) is 5.92 Å². The number of likely N-dealkylation sites (tertiary alicyclic amines) is 1. The second-order valence-corrected chi connectivity index (χ2v) is 11.4. The van der Waals surface area contributed by atoms with Crippen molar-refractivity contribution in [3.05, 3.63) is 53.1 Å². The van der Waals surface area contributed by atoms with E-state index in [1.807, 2.05) is 35.2 Å². The molecular weight excluding hydrogens is 554 g/mol. The Morgan fingerprint density at radius 2 is 1.93 bits per heavy atom. The number of nitrogens with zero attached hydrogens (tertiary/aromatic N) is 3. The second-order valence-electron chi connectivity index (χ2n) is 11.4. The lowest BCUT2D eigenvalue weighted by Gasteiger charge is -2.30. The van der Waals surface area contributed by atoms with E-state index in [0.29, 0.717) is 68.4 Å². The zero-order chi connectivity index (χ0) is 30.5. The molecule has 1 fully saturated rings. The van der Waals surface area contributed by atoms with Crippen LogP contribution in [0.5, 0.6) is 17.2 Å². The van der Waals surface area contributed by atoms with Gasteiger partial charge in [0.05, 0.1) is 19.6 Å². The summed E-state index contributed by atoms with van der Waals surface area (Å²) in [6, 6.07) is 10.6. The van der Waals surface area contributed by atoms with E-state index in [1.165, 1.54) is 7.11 Å². The van der Waals surface area contributed by atoms with Crippen molar-refractivity contribution in [2.75, 3.05) is 53.2 Å². The van der Waals surface area contributed by atoms with Gasteiger partial charge in [0.2, 0.25) is 18.4 Å². The Morgan fingerprint density at radius 1 is 1.14 bits per heavy atom. The molecule has 11 nitrogen and oxygen atoms in total. The van der Waals surface area contributed by atoms with Gasteiger partial charge in [-0.3, -0.25) is 19.3 Å². The van der Waals surface area contributed by atoms with Crippen molar-refractivity contribution in [1.29, 1.82) is 0 Å². The van der Waals surface area contributed by atoms with Crippen LogP contribution in [-0.2, 0) is 16.1 Å². The maximum atomic E-state index is 13.6. The Labute approximate surface area is 251 Å². The fourth-order valence-electron chi connectivity index (χ4n) is 6.58. The zero-order valence-electron chi connectivity index (χ0n) is 24.9. The van der Waals surface area contributed by atoms with Crippen LogP contribution >= 0.6 is 0 Å². The molecule has 43 heavy (non-hydrogen) atoms. The molecule has 0 bridgehead atoms. The topological polar surface area (TPSA) is 129 Å². The Kier molecular flexibility index (Phi) is 9.72. The lowest BCUT2D eigenvalue weighted by Crippen LogP contribution is -2.45. The molecule has 0 aliphatic carbocycles. The number of aliphatic hydroxyl groups excluding tert-OH is 1. The molecule has 2 N–H and O–H groups in total. The molecule has 3 heterocycles. The van der Waals surface area contributed by atoms with Crippen molar-refractivity contribution in [3.8, 4) is 17.2 Å². The smallest absolute Gasteiger partial charge is 0.308 e. The van der Waals surface area contributed by atoms with E-state index in [4.69, 9.17) is 14.2 Å². The fraction of sp³-hybridized carbons (Fsp3) is 0.531. The van der Waals surface area contributed by atoms with E-state index < -0.39 is 23.8 Å². The number of carboxylic acids is 1. The minimum atomic E-state index is -0.958. The van der Waals surface area contributed by atoms with Crippen LogP contribution < -0.4 is 14.2 Å². The predicted octanol–water partition coefficient (Wildman–Crippen LogP) is 2.95. The summed E-state index contributed by atoms with van der Waals surface area (Å²) in [5.74, 6) is -0.941. The van der Waals surface area contributed by atoms with Crippen LogP contribution in [-0.4, -0.2) is 102 Å². The number of fused-ring (bicyclic) bond motifs is 2. The largest absolute Gasteiger partial charge is 0.493 e. The van der Waals surface area contributed by atoms with Crippen molar-refractivity contribution >= 4 is 17.8 Å². The minimum Gasteiger partial charge on any atom is -0.493 e. The van der Waals surface area contributed by atoms with Gasteiger partial charge in [0.15, 0.2) is 11.5 Å². The normalized spacial score (nSPS) is 20.9. The maximum Gasteiger partial charge on any atom is 0.308 e. The van der Waals surface area contributed by atoms with Crippen molar-refractivity contribution in [2.45, 2.75) is 51.1 Å². The molecule has 2 aromatic carbocycles. The molecule has 3 atom stereocenters. The summed E-state index contributed by atoms with van der Waals surface area (Å²) in [7, 11) is 1.53. The average Bonchev–Trinajstić information content (AvgIpc) is 3.71. The predicted molar refractivity (Wildman–Crippen MR) is 157 cm³/mol. The van der Waals surface area contributed by atoms with Gasteiger partial charge in [-0.05, 0) is 48.6 Å². The van der Waals surface area contributed by atoms with Crippen molar-refractivity contribution in [1.82, 2.24) is 14.7 Å². The number of aliphatic carboxylic acids is 1. The highest BCUT2D eigenvalue weighted by Gasteiger charge is 2.48. The van der Waals surface area contributed by atoms with Crippen LogP contribution in [0.25, 0.3) is 0 Å². The molecule has 0 aromatic heterocycles. The molecule has 2 amide bonds. The lowest BCUT2D eigenvalue weighted by atomic mass is 9.84. The van der Waals surface area contributed by atoms with Crippen LogP contribution in [0.3, 0.4) is 0 Å². The number of hydrogen-bond donors (Lipinski definition) is 2. The Morgan fingerprint density at radius 3 is 2.65 bits per heavy atom. The van der Waals surface area contributed by atoms with Crippen LogP contribution in [0.15, 0.2) is 36.4 Å². The highest BCUT2D eigenvalue weighted by Crippen LogP contribution is 2.47. The number of methoxy groups -OCH3 is 1. The molecule has 0 spiro atoms. The number of carbonyl (C=O) groups is 3. The molecule has 3 aliphatic rings. The first kappa shape index (κ1) is 30.6. The Bertz CT molecular complexity index is 1330. The highest BCUT2D eigenvalue weighted by molar-refractivity contribution is 5.98. The van der Waals surface area contributed by atoms with E-state index in [9.17, 15) is 24.6 Å². The number of benzene rings is 2. The first-order chi connectivity index (χ1) is 20.9. The van der Waals surface area contributed by atoms with Crippen molar-refractivity contribution in [2.24, 2.45) is 5.92 Å². The van der Waals surface area contributed by atoms with Crippen LogP contribution in [0.1, 0.15) is 60.0 Å². The third-order valence-electron chi connectivity index (χ3n) is 8.79. The SMILES string of the molecule is CCCCN(CCCO)C(=O)CN1CC(c2cc(OC)c3c(c2)OCO3)C(C(=O)O)C1CCN1Cc2ccccc2C1=O. The molecule has 3 unspecified atom stereocenters. The van der Waals surface area contributed by atoms with E-state index in [-0.39, 0.29) is 31.8 Å². The minimum absolute atomic E-state index is 0.0103. The first-order valence-electron chi connectivity index (χ1n) is 15.1. The summed E-state index contributed by atoms with van der Waals surface area (Å²) < 4.78 is 16.7. The van der Waals surface area contributed by atoms with E-state index in [1.54, 1.807) is 15.9 Å². The van der Waals surface area contributed by atoms with Gasteiger partial charge in [0, 0.05) is 56.9 Å². The molecule has 2 aromatic rings. The van der Waals surface area contributed by atoms with Gasteiger partial charge in [-0.2, -0.15) is 0 Å². The molecule has 232 valence electrons. The molecule has 3 aliphatic heterocycles. The molecule has 5 rings (SSSR count). The summed E-state index contributed by atoms with van der Waals surface area (Å²) in [4.78, 5) is 45.2. The molecule has 11 heteroatoms. The molecule has 0 saturated carbocycles. The first-order valence-corrected chi connectivity index (χ1v) is 15.1. The summed E-state index contributed by atoms with van der Waals surface area (Å²) in [6.45, 7) is 4.37. The highest BCUT2D eigenvalue weighted by atomic mass is 16.7. The van der Waals surface area contributed by atoms with Gasteiger partial charge in [0.1, 0.15) is 0 Å². The number of unbranched alkanes of at least 4 members (excludes halogenated alkanes) is 1. The molecule has 0 radical (unpaired) electrons. The zero-order valence-corrected chi connectivity index (χ0v) is 24.9. The maximum absolute atomic E-state index is 13.6.